The second-order valence-corrected chi connectivity index (χ2v) is 5.30. The molecule has 1 aliphatic heterocycles. The van der Waals surface area contributed by atoms with Gasteiger partial charge in [-0.1, -0.05) is 39.0 Å². The van der Waals surface area contributed by atoms with Gasteiger partial charge in [0.25, 0.3) is 0 Å². The zero-order valence-corrected chi connectivity index (χ0v) is 9.65. The van der Waals surface area contributed by atoms with E-state index >= 15 is 0 Å². The Kier molecular flexibility index (Phi) is 3.48. The first-order chi connectivity index (χ1) is 6.87. The molecule has 1 saturated heterocycles. The van der Waals surface area contributed by atoms with Crippen LogP contribution < -0.4 is 5.32 Å². The Balaban J connectivity index is 2.02. The first-order valence-corrected chi connectivity index (χ1v) is 6.61. The number of hydrogen-bond donors (Lipinski definition) is 1. The van der Waals surface area contributed by atoms with Crippen molar-refractivity contribution in [1.82, 2.24) is 5.32 Å². The first kappa shape index (κ1) is 10.5. The third-order valence-electron chi connectivity index (χ3n) is 4.51. The van der Waals surface area contributed by atoms with Gasteiger partial charge in [-0.3, -0.25) is 0 Å². The third kappa shape index (κ3) is 1.98. The predicted octanol–water partition coefficient (Wildman–Crippen LogP) is 3.49. The van der Waals surface area contributed by atoms with Crippen molar-refractivity contribution < 1.29 is 0 Å². The van der Waals surface area contributed by atoms with E-state index in [1.165, 1.54) is 64.3 Å². The SMILES string of the molecule is CCC1NCCC12CCCCCCC2. The molecule has 1 aliphatic carbocycles. The summed E-state index contributed by atoms with van der Waals surface area (Å²) in [6.45, 7) is 3.63. The first-order valence-electron chi connectivity index (χ1n) is 6.61. The van der Waals surface area contributed by atoms with Crippen molar-refractivity contribution >= 4 is 0 Å². The van der Waals surface area contributed by atoms with Crippen LogP contribution in [0.2, 0.25) is 0 Å². The predicted molar refractivity (Wildman–Crippen MR) is 61.5 cm³/mol. The molecule has 1 unspecified atom stereocenters. The van der Waals surface area contributed by atoms with Crippen LogP contribution in [0, 0.1) is 5.41 Å². The highest BCUT2D eigenvalue weighted by Crippen LogP contribution is 2.44. The summed E-state index contributed by atoms with van der Waals surface area (Å²) < 4.78 is 0. The van der Waals surface area contributed by atoms with Crippen molar-refractivity contribution in [2.24, 2.45) is 5.41 Å². The maximum absolute atomic E-state index is 3.71. The third-order valence-corrected chi connectivity index (χ3v) is 4.51. The van der Waals surface area contributed by atoms with E-state index in [1.54, 1.807) is 0 Å². The van der Waals surface area contributed by atoms with E-state index in [4.69, 9.17) is 0 Å². The lowest BCUT2D eigenvalue weighted by atomic mass is 9.70. The Hall–Kier alpha value is -0.0400. The number of nitrogens with one attached hydrogen (secondary N) is 1. The molecule has 14 heavy (non-hydrogen) atoms. The van der Waals surface area contributed by atoms with Gasteiger partial charge in [0.2, 0.25) is 0 Å². The monoisotopic (exact) mass is 195 g/mol. The standard InChI is InChI=1S/C13H25N/c1-2-12-13(10-11-14-12)8-6-4-3-5-7-9-13/h12,14H,2-11H2,1H3. The van der Waals surface area contributed by atoms with Crippen LogP contribution in [0.1, 0.15) is 64.7 Å². The lowest BCUT2D eigenvalue weighted by Gasteiger charge is -2.36. The fourth-order valence-electron chi connectivity index (χ4n) is 3.67. The van der Waals surface area contributed by atoms with Crippen LogP contribution in [0.15, 0.2) is 0 Å². The zero-order valence-electron chi connectivity index (χ0n) is 9.65. The number of rotatable bonds is 1. The highest BCUT2D eigenvalue weighted by atomic mass is 15.0. The van der Waals surface area contributed by atoms with Gasteiger partial charge in [-0.2, -0.15) is 0 Å². The fraction of sp³-hybridized carbons (Fsp3) is 1.00. The molecule has 0 aromatic heterocycles. The van der Waals surface area contributed by atoms with E-state index < -0.39 is 0 Å². The smallest absolute Gasteiger partial charge is 0.0121 e. The maximum Gasteiger partial charge on any atom is 0.0121 e. The molecular formula is C13H25N. The van der Waals surface area contributed by atoms with Crippen molar-refractivity contribution in [3.63, 3.8) is 0 Å². The molecule has 1 atom stereocenters. The second-order valence-electron chi connectivity index (χ2n) is 5.30. The molecular weight excluding hydrogens is 170 g/mol. The normalized spacial score (nSPS) is 32.8. The largest absolute Gasteiger partial charge is 0.313 e. The maximum atomic E-state index is 3.71. The molecule has 0 aromatic carbocycles. The van der Waals surface area contributed by atoms with Crippen molar-refractivity contribution in [2.75, 3.05) is 6.54 Å². The molecule has 0 aromatic rings. The molecule has 1 heteroatoms. The molecule has 2 fully saturated rings. The summed E-state index contributed by atoms with van der Waals surface area (Å²) in [6, 6.07) is 0.834. The number of hydrogen-bond acceptors (Lipinski definition) is 1. The summed E-state index contributed by atoms with van der Waals surface area (Å²) in [5, 5.41) is 3.71. The Morgan fingerprint density at radius 2 is 1.64 bits per heavy atom. The Bertz CT molecular complexity index is 168. The molecule has 1 saturated carbocycles. The van der Waals surface area contributed by atoms with Gasteiger partial charge < -0.3 is 5.32 Å². The summed E-state index contributed by atoms with van der Waals surface area (Å²) in [5.74, 6) is 0. The van der Waals surface area contributed by atoms with Crippen molar-refractivity contribution in [3.05, 3.63) is 0 Å². The van der Waals surface area contributed by atoms with Crippen molar-refractivity contribution in [2.45, 2.75) is 70.8 Å². The second kappa shape index (κ2) is 4.65. The van der Waals surface area contributed by atoms with Crippen LogP contribution in [-0.2, 0) is 0 Å². The summed E-state index contributed by atoms with van der Waals surface area (Å²) in [6.07, 6.45) is 13.2. The van der Waals surface area contributed by atoms with Crippen LogP contribution in [-0.4, -0.2) is 12.6 Å². The fourth-order valence-corrected chi connectivity index (χ4v) is 3.67. The van der Waals surface area contributed by atoms with Gasteiger partial charge in [-0.25, -0.2) is 0 Å². The molecule has 2 rings (SSSR count). The summed E-state index contributed by atoms with van der Waals surface area (Å²) >= 11 is 0. The molecule has 1 N–H and O–H groups in total. The lowest BCUT2D eigenvalue weighted by Crippen LogP contribution is -2.36. The van der Waals surface area contributed by atoms with Crippen LogP contribution in [0.5, 0.6) is 0 Å². The average Bonchev–Trinajstić information content (AvgIpc) is 2.55. The van der Waals surface area contributed by atoms with Crippen LogP contribution >= 0.6 is 0 Å². The molecule has 2 aliphatic rings. The van der Waals surface area contributed by atoms with Gasteiger partial charge in [0.05, 0.1) is 0 Å². The molecule has 1 heterocycles. The summed E-state index contributed by atoms with van der Waals surface area (Å²) in [5.41, 5.74) is 0.704. The minimum Gasteiger partial charge on any atom is -0.313 e. The quantitative estimate of drug-likeness (QED) is 0.675. The van der Waals surface area contributed by atoms with Crippen LogP contribution in [0.25, 0.3) is 0 Å². The highest BCUT2D eigenvalue weighted by Gasteiger charge is 2.40. The topological polar surface area (TPSA) is 12.0 Å². The molecule has 0 amide bonds. The van der Waals surface area contributed by atoms with Gasteiger partial charge in [0.1, 0.15) is 0 Å². The lowest BCUT2D eigenvalue weighted by molar-refractivity contribution is 0.178. The van der Waals surface area contributed by atoms with Gasteiger partial charge in [0, 0.05) is 6.04 Å². The molecule has 0 bridgehead atoms. The Labute approximate surface area is 88.7 Å². The Morgan fingerprint density at radius 1 is 1.00 bits per heavy atom. The zero-order chi connectivity index (χ0) is 9.86. The minimum absolute atomic E-state index is 0.704. The Morgan fingerprint density at radius 3 is 2.29 bits per heavy atom. The highest BCUT2D eigenvalue weighted by molar-refractivity contribution is 4.96. The van der Waals surface area contributed by atoms with E-state index in [2.05, 4.69) is 12.2 Å². The summed E-state index contributed by atoms with van der Waals surface area (Å²) in [4.78, 5) is 0. The van der Waals surface area contributed by atoms with E-state index in [-0.39, 0.29) is 0 Å². The van der Waals surface area contributed by atoms with E-state index in [0.717, 1.165) is 6.04 Å². The van der Waals surface area contributed by atoms with Gasteiger partial charge in [-0.05, 0) is 37.6 Å². The van der Waals surface area contributed by atoms with Crippen molar-refractivity contribution in [1.29, 1.82) is 0 Å². The minimum atomic E-state index is 0.704. The van der Waals surface area contributed by atoms with Gasteiger partial charge in [-0.15, -0.1) is 0 Å². The van der Waals surface area contributed by atoms with E-state index in [0.29, 0.717) is 5.41 Å². The van der Waals surface area contributed by atoms with Crippen LogP contribution in [0.3, 0.4) is 0 Å². The van der Waals surface area contributed by atoms with Crippen molar-refractivity contribution in [3.8, 4) is 0 Å². The molecule has 1 spiro atoms. The van der Waals surface area contributed by atoms with E-state index in [9.17, 15) is 0 Å². The average molecular weight is 195 g/mol. The van der Waals surface area contributed by atoms with Crippen LogP contribution in [0.4, 0.5) is 0 Å². The van der Waals surface area contributed by atoms with Gasteiger partial charge in [0.15, 0.2) is 0 Å². The molecule has 0 radical (unpaired) electrons. The van der Waals surface area contributed by atoms with Gasteiger partial charge >= 0.3 is 0 Å². The summed E-state index contributed by atoms with van der Waals surface area (Å²) in [7, 11) is 0. The van der Waals surface area contributed by atoms with E-state index in [1.807, 2.05) is 0 Å². The molecule has 82 valence electrons. The molecule has 1 nitrogen and oxygen atoms in total.